The molecule has 1 unspecified atom stereocenters. The van der Waals surface area contributed by atoms with Gasteiger partial charge in [0.2, 0.25) is 0 Å². The maximum Gasteiger partial charge on any atom is 0.313 e. The Labute approximate surface area is 142 Å². The van der Waals surface area contributed by atoms with E-state index in [9.17, 15) is 4.79 Å². The van der Waals surface area contributed by atoms with Crippen LogP contribution in [0.25, 0.3) is 0 Å². The van der Waals surface area contributed by atoms with E-state index in [-0.39, 0.29) is 11.9 Å². The smallest absolute Gasteiger partial charge is 0.313 e. The lowest BCUT2D eigenvalue weighted by Crippen LogP contribution is -2.23. The molecule has 0 aromatic heterocycles. The van der Waals surface area contributed by atoms with Crippen LogP contribution in [0.5, 0.6) is 0 Å². The van der Waals surface area contributed by atoms with Crippen LogP contribution in [0.2, 0.25) is 0 Å². The molecule has 4 heteroatoms. The fourth-order valence-corrected chi connectivity index (χ4v) is 3.17. The summed E-state index contributed by atoms with van der Waals surface area (Å²) in [6.07, 6.45) is 0.711. The number of nitrogens with zero attached hydrogens (tertiary/aromatic N) is 1. The van der Waals surface area contributed by atoms with Gasteiger partial charge in [-0.1, -0.05) is 43.3 Å². The number of amidine groups is 1. The summed E-state index contributed by atoms with van der Waals surface area (Å²) >= 11 is 0. The minimum Gasteiger partial charge on any atom is -0.466 e. The lowest BCUT2D eigenvalue weighted by atomic mass is 9.96. The average Bonchev–Trinajstić information content (AvgIpc) is 2.94. The molecule has 1 atom stereocenters. The Bertz CT molecular complexity index is 752. The first kappa shape index (κ1) is 16.2. The van der Waals surface area contributed by atoms with E-state index in [1.807, 2.05) is 61.2 Å². The van der Waals surface area contributed by atoms with Gasteiger partial charge in [0.25, 0.3) is 0 Å². The Balaban J connectivity index is 1.81. The fraction of sp³-hybridized carbons (Fsp3) is 0.300. The van der Waals surface area contributed by atoms with Gasteiger partial charge < -0.3 is 9.64 Å². The SMILES string of the molecule is CCOC(=O)C(CC)c1ccc(N2Cc3ccccc3C2=N)cc1. The Morgan fingerprint density at radius 2 is 1.88 bits per heavy atom. The number of rotatable bonds is 5. The van der Waals surface area contributed by atoms with E-state index in [1.54, 1.807) is 0 Å². The highest BCUT2D eigenvalue weighted by atomic mass is 16.5. The van der Waals surface area contributed by atoms with E-state index in [4.69, 9.17) is 10.1 Å². The summed E-state index contributed by atoms with van der Waals surface area (Å²) in [5.41, 5.74) is 4.09. The molecule has 4 nitrogen and oxygen atoms in total. The monoisotopic (exact) mass is 322 g/mol. The van der Waals surface area contributed by atoms with Crippen molar-refractivity contribution in [1.82, 2.24) is 0 Å². The third kappa shape index (κ3) is 2.92. The number of esters is 1. The van der Waals surface area contributed by atoms with Gasteiger partial charge in [0.1, 0.15) is 5.84 Å². The maximum absolute atomic E-state index is 12.0. The first-order valence-corrected chi connectivity index (χ1v) is 8.36. The van der Waals surface area contributed by atoms with E-state index in [0.717, 1.165) is 16.8 Å². The van der Waals surface area contributed by atoms with Crippen LogP contribution in [-0.2, 0) is 16.1 Å². The molecule has 0 spiro atoms. The third-order valence-electron chi connectivity index (χ3n) is 4.46. The zero-order chi connectivity index (χ0) is 17.1. The molecule has 0 saturated carbocycles. The van der Waals surface area contributed by atoms with Gasteiger partial charge in [0.15, 0.2) is 0 Å². The summed E-state index contributed by atoms with van der Waals surface area (Å²) < 4.78 is 5.16. The number of carbonyl (C=O) groups is 1. The second-order valence-electron chi connectivity index (χ2n) is 5.90. The van der Waals surface area contributed by atoms with Gasteiger partial charge in [-0.2, -0.15) is 0 Å². The van der Waals surface area contributed by atoms with E-state index in [2.05, 4.69) is 6.07 Å². The summed E-state index contributed by atoms with van der Waals surface area (Å²) in [7, 11) is 0. The van der Waals surface area contributed by atoms with Gasteiger partial charge in [-0.3, -0.25) is 10.2 Å². The summed E-state index contributed by atoms with van der Waals surface area (Å²) in [4.78, 5) is 14.0. The van der Waals surface area contributed by atoms with Crippen molar-refractivity contribution in [2.45, 2.75) is 32.7 Å². The fourth-order valence-electron chi connectivity index (χ4n) is 3.17. The van der Waals surface area contributed by atoms with Crippen LogP contribution in [0.15, 0.2) is 48.5 Å². The minimum absolute atomic E-state index is 0.172. The van der Waals surface area contributed by atoms with Gasteiger partial charge >= 0.3 is 5.97 Å². The molecular formula is C20H22N2O2. The van der Waals surface area contributed by atoms with Crippen molar-refractivity contribution < 1.29 is 9.53 Å². The predicted molar refractivity (Wildman–Crippen MR) is 95.6 cm³/mol. The molecule has 0 radical (unpaired) electrons. The lowest BCUT2D eigenvalue weighted by Gasteiger charge is -2.20. The van der Waals surface area contributed by atoms with Gasteiger partial charge in [0, 0.05) is 11.3 Å². The van der Waals surface area contributed by atoms with Crippen LogP contribution in [-0.4, -0.2) is 18.4 Å². The Morgan fingerprint density at radius 3 is 2.50 bits per heavy atom. The Kier molecular flexibility index (Phi) is 4.65. The minimum atomic E-state index is -0.228. The lowest BCUT2D eigenvalue weighted by molar-refractivity contribution is -0.145. The Morgan fingerprint density at radius 1 is 1.17 bits per heavy atom. The van der Waals surface area contributed by atoms with Crippen molar-refractivity contribution in [3.8, 4) is 0 Å². The largest absolute Gasteiger partial charge is 0.466 e. The molecule has 0 bridgehead atoms. The zero-order valence-corrected chi connectivity index (χ0v) is 14.1. The number of fused-ring (bicyclic) bond motifs is 1. The number of benzene rings is 2. The molecule has 1 aliphatic rings. The highest BCUT2D eigenvalue weighted by molar-refractivity contribution is 6.11. The number of nitrogens with one attached hydrogen (secondary N) is 1. The van der Waals surface area contributed by atoms with Crippen LogP contribution in [0.1, 0.15) is 42.9 Å². The van der Waals surface area contributed by atoms with Crippen molar-refractivity contribution in [3.63, 3.8) is 0 Å². The van der Waals surface area contributed by atoms with Gasteiger partial charge in [-0.05, 0) is 36.6 Å². The molecular weight excluding hydrogens is 300 g/mol. The standard InChI is InChI=1S/C20H22N2O2/c1-3-17(20(23)24-4-2)14-9-11-16(12-10-14)22-13-15-7-5-6-8-18(15)19(22)21/h5-12,17,21H,3-4,13H2,1-2H3. The van der Waals surface area contributed by atoms with Crippen LogP contribution in [0.3, 0.4) is 0 Å². The number of carbonyl (C=O) groups excluding carboxylic acids is 1. The Hall–Kier alpha value is -2.62. The number of hydrogen-bond acceptors (Lipinski definition) is 3. The van der Waals surface area contributed by atoms with E-state index in [1.165, 1.54) is 5.56 Å². The molecule has 2 aromatic carbocycles. The highest BCUT2D eigenvalue weighted by Crippen LogP contribution is 2.30. The average molecular weight is 322 g/mol. The first-order chi connectivity index (χ1) is 11.7. The molecule has 124 valence electrons. The summed E-state index contributed by atoms with van der Waals surface area (Å²) in [6.45, 7) is 4.92. The molecule has 3 rings (SSSR count). The summed E-state index contributed by atoms with van der Waals surface area (Å²) in [5.74, 6) is 0.124. The normalized spacial score (nSPS) is 14.4. The zero-order valence-electron chi connectivity index (χ0n) is 14.1. The van der Waals surface area contributed by atoms with Crippen molar-refractivity contribution in [2.24, 2.45) is 0 Å². The molecule has 0 saturated heterocycles. The van der Waals surface area contributed by atoms with Crippen molar-refractivity contribution in [2.75, 3.05) is 11.5 Å². The van der Waals surface area contributed by atoms with Crippen molar-refractivity contribution >= 4 is 17.5 Å². The number of anilines is 1. The molecule has 24 heavy (non-hydrogen) atoms. The molecule has 0 amide bonds. The predicted octanol–water partition coefficient (Wildman–Crippen LogP) is 4.09. The maximum atomic E-state index is 12.0. The third-order valence-corrected chi connectivity index (χ3v) is 4.46. The van der Waals surface area contributed by atoms with E-state index < -0.39 is 0 Å². The molecule has 0 fully saturated rings. The van der Waals surface area contributed by atoms with Crippen LogP contribution in [0, 0.1) is 5.41 Å². The van der Waals surface area contributed by atoms with Crippen LogP contribution in [0.4, 0.5) is 5.69 Å². The van der Waals surface area contributed by atoms with Gasteiger partial charge in [-0.25, -0.2) is 0 Å². The number of hydrogen-bond donors (Lipinski definition) is 1. The molecule has 1 aliphatic heterocycles. The van der Waals surface area contributed by atoms with E-state index in [0.29, 0.717) is 25.4 Å². The van der Waals surface area contributed by atoms with Crippen molar-refractivity contribution in [1.29, 1.82) is 5.41 Å². The summed E-state index contributed by atoms with van der Waals surface area (Å²) in [6, 6.07) is 15.9. The van der Waals surface area contributed by atoms with Gasteiger partial charge in [0.05, 0.1) is 19.1 Å². The molecule has 1 heterocycles. The molecule has 2 aromatic rings. The van der Waals surface area contributed by atoms with Crippen LogP contribution < -0.4 is 4.90 Å². The van der Waals surface area contributed by atoms with Crippen LogP contribution >= 0.6 is 0 Å². The highest BCUT2D eigenvalue weighted by Gasteiger charge is 2.25. The summed E-state index contributed by atoms with van der Waals surface area (Å²) in [5, 5.41) is 8.37. The topological polar surface area (TPSA) is 53.4 Å². The van der Waals surface area contributed by atoms with E-state index >= 15 is 0 Å². The first-order valence-electron chi connectivity index (χ1n) is 8.36. The van der Waals surface area contributed by atoms with Crippen molar-refractivity contribution in [3.05, 3.63) is 65.2 Å². The number of ether oxygens (including phenoxy) is 1. The second-order valence-corrected chi connectivity index (χ2v) is 5.90. The van der Waals surface area contributed by atoms with Gasteiger partial charge in [-0.15, -0.1) is 0 Å². The quantitative estimate of drug-likeness (QED) is 0.844. The molecule has 0 aliphatic carbocycles. The second kappa shape index (κ2) is 6.87. The molecule has 1 N–H and O–H groups in total.